The average Bonchev–Trinajstić information content (AvgIpc) is 3.07. The normalized spacial score (nSPS) is 14.1. The summed E-state index contributed by atoms with van der Waals surface area (Å²) in [4.78, 5) is 32.2. The van der Waals surface area contributed by atoms with Gasteiger partial charge in [-0.05, 0) is 38.0 Å². The summed E-state index contributed by atoms with van der Waals surface area (Å²) in [5.41, 5.74) is 1.80. The van der Waals surface area contributed by atoms with Gasteiger partial charge in [0.2, 0.25) is 5.91 Å². The van der Waals surface area contributed by atoms with Crippen LogP contribution in [0.25, 0.3) is 0 Å². The Morgan fingerprint density at radius 2 is 1.81 bits per heavy atom. The van der Waals surface area contributed by atoms with Gasteiger partial charge >= 0.3 is 0 Å². The lowest BCUT2D eigenvalue weighted by molar-refractivity contribution is -0.114. The summed E-state index contributed by atoms with van der Waals surface area (Å²) in [5, 5.41) is 8.94. The summed E-state index contributed by atoms with van der Waals surface area (Å²) >= 11 is 0. The molecular weight excluding hydrogens is 330 g/mol. The van der Waals surface area contributed by atoms with Crippen LogP contribution in [0.3, 0.4) is 0 Å². The maximum Gasteiger partial charge on any atom is 0.270 e. The van der Waals surface area contributed by atoms with Gasteiger partial charge in [-0.3, -0.25) is 9.59 Å². The van der Waals surface area contributed by atoms with Crippen LogP contribution < -0.4 is 16.0 Å². The van der Waals surface area contributed by atoms with Crippen molar-refractivity contribution in [3.63, 3.8) is 0 Å². The Morgan fingerprint density at radius 1 is 1.08 bits per heavy atom. The van der Waals surface area contributed by atoms with Crippen LogP contribution in [0.1, 0.15) is 48.9 Å². The molecule has 2 aromatic rings. The summed E-state index contributed by atoms with van der Waals surface area (Å²) in [6.45, 7) is 3.22. The quantitative estimate of drug-likeness (QED) is 0.767. The summed E-state index contributed by atoms with van der Waals surface area (Å²) in [7, 11) is 0. The van der Waals surface area contributed by atoms with Gasteiger partial charge < -0.3 is 16.0 Å². The number of rotatable bonds is 5. The number of amides is 2. The van der Waals surface area contributed by atoms with E-state index in [0.717, 1.165) is 31.4 Å². The molecule has 0 radical (unpaired) electrons. The molecule has 136 valence electrons. The van der Waals surface area contributed by atoms with Crippen molar-refractivity contribution < 1.29 is 9.59 Å². The molecule has 0 atom stereocenters. The monoisotopic (exact) mass is 353 g/mol. The Labute approximate surface area is 152 Å². The Morgan fingerprint density at radius 3 is 2.54 bits per heavy atom. The molecule has 1 aliphatic carbocycles. The second-order valence-electron chi connectivity index (χ2n) is 6.53. The Bertz CT molecular complexity index is 815. The van der Waals surface area contributed by atoms with Gasteiger partial charge in [0.1, 0.15) is 17.3 Å². The van der Waals surface area contributed by atoms with E-state index in [0.29, 0.717) is 23.0 Å². The second kappa shape index (κ2) is 7.95. The van der Waals surface area contributed by atoms with Crippen molar-refractivity contribution >= 4 is 29.0 Å². The van der Waals surface area contributed by atoms with E-state index < -0.39 is 0 Å². The minimum atomic E-state index is -0.169. The molecule has 1 fully saturated rings. The zero-order chi connectivity index (χ0) is 18.5. The molecule has 7 nitrogen and oxygen atoms in total. The maximum absolute atomic E-state index is 12.5. The minimum Gasteiger partial charge on any atom is -0.348 e. The van der Waals surface area contributed by atoms with E-state index in [-0.39, 0.29) is 17.9 Å². The van der Waals surface area contributed by atoms with Crippen molar-refractivity contribution in [3.05, 3.63) is 41.9 Å². The molecule has 1 aliphatic rings. The smallest absolute Gasteiger partial charge is 0.270 e. The molecule has 0 unspecified atom stereocenters. The van der Waals surface area contributed by atoms with Crippen LogP contribution in [0.4, 0.5) is 17.2 Å². The number of carbonyl (C=O) groups is 2. The van der Waals surface area contributed by atoms with Crippen LogP contribution in [-0.2, 0) is 4.79 Å². The van der Waals surface area contributed by atoms with Crippen LogP contribution in [0.15, 0.2) is 30.3 Å². The molecule has 1 aromatic heterocycles. The maximum atomic E-state index is 12.5. The highest BCUT2D eigenvalue weighted by Crippen LogP contribution is 2.21. The van der Waals surface area contributed by atoms with Gasteiger partial charge in [0, 0.05) is 30.4 Å². The first kappa shape index (κ1) is 17.8. The first-order valence-corrected chi connectivity index (χ1v) is 8.81. The molecule has 1 heterocycles. The van der Waals surface area contributed by atoms with Crippen LogP contribution >= 0.6 is 0 Å². The molecule has 0 saturated heterocycles. The lowest BCUT2D eigenvalue weighted by Crippen LogP contribution is -2.33. The van der Waals surface area contributed by atoms with Gasteiger partial charge in [-0.2, -0.15) is 0 Å². The van der Waals surface area contributed by atoms with Gasteiger partial charge in [-0.1, -0.05) is 18.9 Å². The zero-order valence-electron chi connectivity index (χ0n) is 15.0. The van der Waals surface area contributed by atoms with Crippen molar-refractivity contribution in [2.75, 3.05) is 10.6 Å². The number of aromatic nitrogens is 2. The number of hydrogen-bond donors (Lipinski definition) is 3. The lowest BCUT2D eigenvalue weighted by atomic mass is 10.2. The number of hydrogen-bond acceptors (Lipinski definition) is 5. The molecule has 0 aliphatic heterocycles. The van der Waals surface area contributed by atoms with Gasteiger partial charge in [0.05, 0.1) is 0 Å². The van der Waals surface area contributed by atoms with Gasteiger partial charge in [0.25, 0.3) is 5.91 Å². The van der Waals surface area contributed by atoms with Crippen LogP contribution in [-0.4, -0.2) is 27.8 Å². The number of aryl methyl sites for hydroxylation is 1. The molecule has 1 aromatic carbocycles. The summed E-state index contributed by atoms with van der Waals surface area (Å²) in [6, 6.07) is 9.18. The molecule has 7 heteroatoms. The number of benzene rings is 1. The fourth-order valence-corrected chi connectivity index (χ4v) is 3.10. The lowest BCUT2D eigenvalue weighted by Gasteiger charge is -2.13. The fraction of sp³-hybridized carbons (Fsp3) is 0.368. The fourth-order valence-electron chi connectivity index (χ4n) is 3.10. The van der Waals surface area contributed by atoms with E-state index in [1.807, 2.05) is 12.1 Å². The number of nitrogens with one attached hydrogen (secondary N) is 3. The number of carbonyl (C=O) groups excluding carboxylic acids is 2. The first-order valence-electron chi connectivity index (χ1n) is 8.81. The molecule has 26 heavy (non-hydrogen) atoms. The van der Waals surface area contributed by atoms with Crippen molar-refractivity contribution in [1.29, 1.82) is 0 Å². The SMILES string of the molecule is CC(=O)Nc1cccc(Nc2cc(C(=O)NC3CCCC3)nc(C)n2)c1. The van der Waals surface area contributed by atoms with Crippen molar-refractivity contribution in [2.24, 2.45) is 0 Å². The van der Waals surface area contributed by atoms with Crippen molar-refractivity contribution in [1.82, 2.24) is 15.3 Å². The van der Waals surface area contributed by atoms with Crippen LogP contribution in [0.5, 0.6) is 0 Å². The second-order valence-corrected chi connectivity index (χ2v) is 6.53. The average molecular weight is 353 g/mol. The Hall–Kier alpha value is -2.96. The highest BCUT2D eigenvalue weighted by molar-refractivity contribution is 5.93. The molecule has 3 rings (SSSR count). The number of anilines is 3. The largest absolute Gasteiger partial charge is 0.348 e. The third kappa shape index (κ3) is 4.78. The predicted molar refractivity (Wildman–Crippen MR) is 101 cm³/mol. The molecule has 0 bridgehead atoms. The third-order valence-corrected chi connectivity index (χ3v) is 4.22. The number of nitrogens with zero attached hydrogens (tertiary/aromatic N) is 2. The van der Waals surface area contributed by atoms with E-state index in [9.17, 15) is 9.59 Å². The first-order chi connectivity index (χ1) is 12.5. The standard InChI is InChI=1S/C19H23N5O2/c1-12-20-17(19(26)24-14-6-3-4-7-14)11-18(21-12)23-16-9-5-8-15(10-16)22-13(2)25/h5,8-11,14H,3-4,6-7H2,1-2H3,(H,22,25)(H,24,26)(H,20,21,23). The van der Waals surface area contributed by atoms with E-state index >= 15 is 0 Å². The predicted octanol–water partition coefficient (Wildman–Crippen LogP) is 3.16. The van der Waals surface area contributed by atoms with Gasteiger partial charge in [-0.15, -0.1) is 0 Å². The van der Waals surface area contributed by atoms with E-state index in [1.54, 1.807) is 25.1 Å². The van der Waals surface area contributed by atoms with Crippen LogP contribution in [0, 0.1) is 6.92 Å². The molecule has 0 spiro atoms. The highest BCUT2D eigenvalue weighted by atomic mass is 16.2. The van der Waals surface area contributed by atoms with Gasteiger partial charge in [-0.25, -0.2) is 9.97 Å². The van der Waals surface area contributed by atoms with Gasteiger partial charge in [0.15, 0.2) is 0 Å². The highest BCUT2D eigenvalue weighted by Gasteiger charge is 2.19. The Balaban J connectivity index is 1.75. The molecule has 1 saturated carbocycles. The Kier molecular flexibility index (Phi) is 5.46. The minimum absolute atomic E-state index is 0.133. The van der Waals surface area contributed by atoms with E-state index in [1.165, 1.54) is 6.92 Å². The zero-order valence-corrected chi connectivity index (χ0v) is 15.0. The summed E-state index contributed by atoms with van der Waals surface area (Å²) in [5.74, 6) is 0.752. The van der Waals surface area contributed by atoms with Crippen molar-refractivity contribution in [2.45, 2.75) is 45.6 Å². The third-order valence-electron chi connectivity index (χ3n) is 4.22. The molecular formula is C19H23N5O2. The topological polar surface area (TPSA) is 96.0 Å². The summed E-state index contributed by atoms with van der Waals surface area (Å²) < 4.78 is 0. The van der Waals surface area contributed by atoms with E-state index in [4.69, 9.17) is 0 Å². The summed E-state index contributed by atoms with van der Waals surface area (Å²) in [6.07, 6.45) is 4.37. The van der Waals surface area contributed by atoms with Crippen LogP contribution in [0.2, 0.25) is 0 Å². The molecule has 2 amide bonds. The van der Waals surface area contributed by atoms with E-state index in [2.05, 4.69) is 25.9 Å². The van der Waals surface area contributed by atoms with Crippen molar-refractivity contribution in [3.8, 4) is 0 Å². The molecule has 3 N–H and O–H groups in total.